The molecule has 3 aromatic rings. The summed E-state index contributed by atoms with van der Waals surface area (Å²) in [6.45, 7) is -0.223. The Morgan fingerprint density at radius 1 is 0.732 bits per heavy atom. The zero-order valence-electron chi connectivity index (χ0n) is 21.5. The van der Waals surface area contributed by atoms with Crippen LogP contribution < -0.4 is 0 Å². The third-order valence-corrected chi connectivity index (χ3v) is 6.64. The van der Waals surface area contributed by atoms with Crippen LogP contribution in [0.1, 0.15) is 37.4 Å². The summed E-state index contributed by atoms with van der Waals surface area (Å²) in [5.74, 6) is -1.92. The average Bonchev–Trinajstić information content (AvgIpc) is 2.95. The van der Waals surface area contributed by atoms with E-state index < -0.39 is 52.7 Å². The maximum Gasteiger partial charge on any atom is 0.416 e. The lowest BCUT2D eigenvalue weighted by Gasteiger charge is -2.41. The van der Waals surface area contributed by atoms with Crippen molar-refractivity contribution in [2.45, 2.75) is 24.8 Å². The monoisotopic (exact) mass is 574 g/mol. The van der Waals surface area contributed by atoms with E-state index in [9.17, 15) is 40.7 Å². The second-order valence-electron chi connectivity index (χ2n) is 9.48. The Hall–Kier alpha value is -4.41. The van der Waals surface area contributed by atoms with Crippen molar-refractivity contribution in [1.29, 1.82) is 0 Å². The summed E-state index contributed by atoms with van der Waals surface area (Å²) in [7, 11) is 0. The molecule has 0 aromatic heterocycles. The van der Waals surface area contributed by atoms with Gasteiger partial charge in [-0.25, -0.2) is 0 Å². The summed E-state index contributed by atoms with van der Waals surface area (Å²) in [6, 6.07) is 17.1. The molecule has 1 saturated heterocycles. The van der Waals surface area contributed by atoms with E-state index in [1.165, 1.54) is 9.80 Å². The van der Waals surface area contributed by atoms with Gasteiger partial charge in [0, 0.05) is 36.8 Å². The zero-order chi connectivity index (χ0) is 29.8. The molecule has 5 nitrogen and oxygen atoms in total. The van der Waals surface area contributed by atoms with Crippen LogP contribution in [0.5, 0.6) is 0 Å². The third-order valence-electron chi connectivity index (χ3n) is 6.64. The zero-order valence-corrected chi connectivity index (χ0v) is 21.5. The number of carbonyl (C=O) groups is 3. The maximum absolute atomic E-state index is 13.4. The first-order valence-electron chi connectivity index (χ1n) is 12.5. The van der Waals surface area contributed by atoms with Crippen LogP contribution in [0.25, 0.3) is 0 Å². The smallest absolute Gasteiger partial charge is 0.335 e. The average molecular weight is 575 g/mol. The van der Waals surface area contributed by atoms with Crippen LogP contribution in [0, 0.1) is 0 Å². The van der Waals surface area contributed by atoms with Crippen molar-refractivity contribution < 1.29 is 40.7 Å². The first-order chi connectivity index (χ1) is 19.3. The molecule has 1 heterocycles. The summed E-state index contributed by atoms with van der Waals surface area (Å²) in [5, 5.41) is 0. The Morgan fingerprint density at radius 3 is 1.85 bits per heavy atom. The standard InChI is InChI=1S/C30H24F6N2O3/c31-29(32,33)23-16-22(17-24(18-23)30(34,35)36)28(41)38-14-13-37(19-25(38)15-20-7-3-1-4-8-20)27(40)12-11-26(39)21-9-5-2-6-10-21/h1-12,16-18,25H,13-15,19H2/t25-/m1/s1. The quantitative estimate of drug-likeness (QED) is 0.204. The molecule has 0 spiro atoms. The van der Waals surface area contributed by atoms with Crippen molar-refractivity contribution in [3.05, 3.63) is 119 Å². The highest BCUT2D eigenvalue weighted by atomic mass is 19.4. The maximum atomic E-state index is 13.4. The highest BCUT2D eigenvalue weighted by molar-refractivity contribution is 6.07. The van der Waals surface area contributed by atoms with E-state index in [1.807, 2.05) is 0 Å². The number of nitrogens with zero attached hydrogens (tertiary/aromatic N) is 2. The number of hydrogen-bond donors (Lipinski definition) is 0. The van der Waals surface area contributed by atoms with E-state index in [4.69, 9.17) is 0 Å². The summed E-state index contributed by atoms with van der Waals surface area (Å²) < 4.78 is 80.5. The van der Waals surface area contributed by atoms with E-state index in [0.717, 1.165) is 17.7 Å². The van der Waals surface area contributed by atoms with E-state index >= 15 is 0 Å². The number of benzene rings is 3. The van der Waals surface area contributed by atoms with Crippen molar-refractivity contribution in [1.82, 2.24) is 9.80 Å². The van der Waals surface area contributed by atoms with Gasteiger partial charge in [0.1, 0.15) is 0 Å². The number of amides is 2. The number of rotatable bonds is 6. The van der Waals surface area contributed by atoms with Gasteiger partial charge < -0.3 is 9.80 Å². The van der Waals surface area contributed by atoms with Crippen LogP contribution in [0.15, 0.2) is 91.0 Å². The molecule has 2 amide bonds. The molecule has 11 heteroatoms. The summed E-state index contributed by atoms with van der Waals surface area (Å²) in [6.07, 6.45) is -7.78. The number of hydrogen-bond acceptors (Lipinski definition) is 3. The molecule has 0 bridgehead atoms. The molecule has 1 aliphatic heterocycles. The van der Waals surface area contributed by atoms with Crippen LogP contribution in [-0.2, 0) is 23.6 Å². The predicted molar refractivity (Wildman–Crippen MR) is 138 cm³/mol. The number of allylic oxidation sites excluding steroid dienone is 1. The van der Waals surface area contributed by atoms with Gasteiger partial charge >= 0.3 is 12.4 Å². The Balaban J connectivity index is 1.60. The summed E-state index contributed by atoms with van der Waals surface area (Å²) in [4.78, 5) is 41.3. The second kappa shape index (κ2) is 12.0. The topological polar surface area (TPSA) is 57.7 Å². The van der Waals surface area contributed by atoms with Crippen molar-refractivity contribution in [3.63, 3.8) is 0 Å². The Bertz CT molecular complexity index is 1400. The van der Waals surface area contributed by atoms with Gasteiger partial charge in [0.25, 0.3) is 5.91 Å². The molecule has 0 aliphatic carbocycles. The lowest BCUT2D eigenvalue weighted by Crippen LogP contribution is -2.57. The minimum Gasteiger partial charge on any atom is -0.335 e. The summed E-state index contributed by atoms with van der Waals surface area (Å²) in [5.41, 5.74) is -2.79. The minimum atomic E-state index is -5.10. The fraction of sp³-hybridized carbons (Fsp3) is 0.233. The normalized spacial score (nSPS) is 16.2. The van der Waals surface area contributed by atoms with Crippen LogP contribution in [0.4, 0.5) is 26.3 Å². The van der Waals surface area contributed by atoms with Gasteiger partial charge in [-0.15, -0.1) is 0 Å². The van der Waals surface area contributed by atoms with Crippen molar-refractivity contribution in [3.8, 4) is 0 Å². The molecule has 0 saturated carbocycles. The van der Waals surface area contributed by atoms with Crippen LogP contribution in [0.3, 0.4) is 0 Å². The van der Waals surface area contributed by atoms with E-state index in [0.29, 0.717) is 17.7 Å². The van der Waals surface area contributed by atoms with Gasteiger partial charge in [-0.2, -0.15) is 26.3 Å². The van der Waals surface area contributed by atoms with Crippen molar-refractivity contribution >= 4 is 17.6 Å². The largest absolute Gasteiger partial charge is 0.416 e. The molecule has 0 radical (unpaired) electrons. The summed E-state index contributed by atoms with van der Waals surface area (Å²) >= 11 is 0. The molecule has 4 rings (SSSR count). The third kappa shape index (κ3) is 7.41. The second-order valence-corrected chi connectivity index (χ2v) is 9.48. The van der Waals surface area contributed by atoms with Gasteiger partial charge in [0.05, 0.1) is 17.2 Å². The van der Waals surface area contributed by atoms with Gasteiger partial charge in [0.2, 0.25) is 5.91 Å². The Labute approximate surface area is 231 Å². The highest BCUT2D eigenvalue weighted by Gasteiger charge is 2.39. The Kier molecular flexibility index (Phi) is 8.65. The van der Waals surface area contributed by atoms with Crippen LogP contribution >= 0.6 is 0 Å². The molecular formula is C30H24F6N2O3. The fourth-order valence-electron chi connectivity index (χ4n) is 4.58. The van der Waals surface area contributed by atoms with Crippen molar-refractivity contribution in [2.75, 3.05) is 19.6 Å². The van der Waals surface area contributed by atoms with Gasteiger partial charge in [-0.3, -0.25) is 14.4 Å². The highest BCUT2D eigenvalue weighted by Crippen LogP contribution is 2.37. The van der Waals surface area contributed by atoms with Gasteiger partial charge in [-0.1, -0.05) is 60.7 Å². The number of piperazine rings is 1. The first-order valence-corrected chi connectivity index (χ1v) is 12.5. The molecule has 1 atom stereocenters. The van der Waals surface area contributed by atoms with Crippen LogP contribution in [-0.4, -0.2) is 53.1 Å². The molecule has 3 aromatic carbocycles. The molecular weight excluding hydrogens is 550 g/mol. The number of ketones is 1. The molecule has 1 aliphatic rings. The van der Waals surface area contributed by atoms with Gasteiger partial charge in [-0.05, 0) is 36.3 Å². The fourth-order valence-corrected chi connectivity index (χ4v) is 4.58. The first kappa shape index (κ1) is 29.6. The molecule has 214 valence electrons. The molecule has 0 N–H and O–H groups in total. The van der Waals surface area contributed by atoms with Gasteiger partial charge in [0.15, 0.2) is 5.78 Å². The van der Waals surface area contributed by atoms with E-state index in [1.54, 1.807) is 60.7 Å². The Morgan fingerprint density at radius 2 is 1.29 bits per heavy atom. The molecule has 41 heavy (non-hydrogen) atoms. The number of halogens is 6. The number of carbonyl (C=O) groups excluding carboxylic acids is 3. The number of alkyl halides is 6. The SMILES string of the molecule is O=C(C=CC(=O)N1CCN(C(=O)c2cc(C(F)(F)F)cc(C(F)(F)F)c2)[C@H](Cc2ccccc2)C1)c1ccccc1. The van der Waals surface area contributed by atoms with E-state index in [2.05, 4.69) is 0 Å². The van der Waals surface area contributed by atoms with E-state index in [-0.39, 0.29) is 32.1 Å². The molecule has 1 fully saturated rings. The lowest BCUT2D eigenvalue weighted by molar-refractivity contribution is -0.143. The van der Waals surface area contributed by atoms with Crippen LogP contribution in [0.2, 0.25) is 0 Å². The molecule has 0 unspecified atom stereocenters. The predicted octanol–water partition coefficient (Wildman–Crippen LogP) is 6.06. The lowest BCUT2D eigenvalue weighted by atomic mass is 9.99. The van der Waals surface area contributed by atoms with Crippen molar-refractivity contribution in [2.24, 2.45) is 0 Å². The minimum absolute atomic E-state index is 0.0299.